The van der Waals surface area contributed by atoms with Crippen LogP contribution in [0.4, 0.5) is 0 Å². The molecule has 0 spiro atoms. The molecule has 2 rings (SSSR count). The first-order valence-corrected chi connectivity index (χ1v) is 5.31. The first kappa shape index (κ1) is 8.99. The molecule has 68 valence electrons. The summed E-state index contributed by atoms with van der Waals surface area (Å²) in [4.78, 5) is 0. The Bertz CT molecular complexity index is 433. The molecule has 0 N–H and O–H groups in total. The standard InChI is InChI=1S/C10H10INO/c1-6(2)10-8-4-3-7(11)5-9(8)13-12-10/h3-6H,1-2H3. The van der Waals surface area contributed by atoms with Crippen molar-refractivity contribution in [1.82, 2.24) is 5.16 Å². The van der Waals surface area contributed by atoms with E-state index in [1.54, 1.807) is 0 Å². The smallest absolute Gasteiger partial charge is 0.168 e. The van der Waals surface area contributed by atoms with E-state index in [1.807, 2.05) is 6.07 Å². The molecule has 1 aromatic carbocycles. The number of nitrogens with zero attached hydrogens (tertiary/aromatic N) is 1. The monoisotopic (exact) mass is 287 g/mol. The highest BCUT2D eigenvalue weighted by molar-refractivity contribution is 14.1. The molecule has 2 aromatic rings. The van der Waals surface area contributed by atoms with Crippen molar-refractivity contribution in [3.63, 3.8) is 0 Å². The van der Waals surface area contributed by atoms with E-state index >= 15 is 0 Å². The number of hydrogen-bond donors (Lipinski definition) is 0. The van der Waals surface area contributed by atoms with Crippen LogP contribution in [-0.4, -0.2) is 5.16 Å². The highest BCUT2D eigenvalue weighted by atomic mass is 127. The maximum absolute atomic E-state index is 5.24. The summed E-state index contributed by atoms with van der Waals surface area (Å²) in [6.45, 7) is 4.24. The van der Waals surface area contributed by atoms with E-state index in [4.69, 9.17) is 4.52 Å². The van der Waals surface area contributed by atoms with Gasteiger partial charge in [-0.15, -0.1) is 0 Å². The molecule has 0 aliphatic heterocycles. The van der Waals surface area contributed by atoms with Gasteiger partial charge in [-0.05, 0) is 46.7 Å². The van der Waals surface area contributed by atoms with E-state index in [9.17, 15) is 0 Å². The SMILES string of the molecule is CC(C)c1noc2cc(I)ccc12. The molecule has 0 fully saturated rings. The summed E-state index contributed by atoms with van der Waals surface area (Å²) in [6, 6.07) is 6.16. The largest absolute Gasteiger partial charge is 0.356 e. The summed E-state index contributed by atoms with van der Waals surface area (Å²) in [5.74, 6) is 0.418. The second-order valence-corrected chi connectivity index (χ2v) is 4.61. The Labute approximate surface area is 90.4 Å². The number of rotatable bonds is 1. The molecule has 3 heteroatoms. The highest BCUT2D eigenvalue weighted by Gasteiger charge is 2.10. The highest BCUT2D eigenvalue weighted by Crippen LogP contribution is 2.25. The van der Waals surface area contributed by atoms with Crippen molar-refractivity contribution in [2.45, 2.75) is 19.8 Å². The predicted octanol–water partition coefficient (Wildman–Crippen LogP) is 3.56. The Hall–Kier alpha value is -0.580. The van der Waals surface area contributed by atoms with Gasteiger partial charge in [0.25, 0.3) is 0 Å². The van der Waals surface area contributed by atoms with Crippen LogP contribution in [0.5, 0.6) is 0 Å². The Kier molecular flexibility index (Phi) is 2.27. The normalized spacial score (nSPS) is 11.4. The minimum atomic E-state index is 0.418. The number of benzene rings is 1. The van der Waals surface area contributed by atoms with Crippen LogP contribution in [0, 0.1) is 3.57 Å². The lowest BCUT2D eigenvalue weighted by Gasteiger charge is -1.97. The Balaban J connectivity index is 2.69. The molecule has 2 nitrogen and oxygen atoms in total. The Morgan fingerprint density at radius 3 is 2.85 bits per heavy atom. The van der Waals surface area contributed by atoms with Crippen molar-refractivity contribution in [3.8, 4) is 0 Å². The maximum atomic E-state index is 5.24. The summed E-state index contributed by atoms with van der Waals surface area (Å²) < 4.78 is 6.41. The molecule has 0 aliphatic carbocycles. The van der Waals surface area contributed by atoms with E-state index in [0.29, 0.717) is 5.92 Å². The lowest BCUT2D eigenvalue weighted by Crippen LogP contribution is -1.86. The molecular weight excluding hydrogens is 277 g/mol. The van der Waals surface area contributed by atoms with Gasteiger partial charge in [0.1, 0.15) is 0 Å². The minimum absolute atomic E-state index is 0.418. The molecule has 1 aromatic heterocycles. The first-order chi connectivity index (χ1) is 6.18. The zero-order valence-corrected chi connectivity index (χ0v) is 9.70. The Morgan fingerprint density at radius 1 is 1.38 bits per heavy atom. The summed E-state index contributed by atoms with van der Waals surface area (Å²) in [5.41, 5.74) is 1.93. The fourth-order valence-electron chi connectivity index (χ4n) is 1.35. The van der Waals surface area contributed by atoms with Crippen LogP contribution in [0.25, 0.3) is 11.0 Å². The summed E-state index contributed by atoms with van der Waals surface area (Å²) in [5, 5.41) is 5.19. The zero-order valence-electron chi connectivity index (χ0n) is 7.54. The number of aromatic nitrogens is 1. The molecule has 0 bridgehead atoms. The first-order valence-electron chi connectivity index (χ1n) is 4.23. The van der Waals surface area contributed by atoms with Gasteiger partial charge in [0.15, 0.2) is 5.58 Å². The summed E-state index contributed by atoms with van der Waals surface area (Å²) in [7, 11) is 0. The van der Waals surface area contributed by atoms with Gasteiger partial charge in [0.2, 0.25) is 0 Å². The average Bonchev–Trinajstić information content (AvgIpc) is 2.46. The zero-order chi connectivity index (χ0) is 9.42. The third-order valence-corrected chi connectivity index (χ3v) is 2.68. The molecule has 0 amide bonds. The van der Waals surface area contributed by atoms with Gasteiger partial charge in [-0.2, -0.15) is 0 Å². The lowest BCUT2D eigenvalue weighted by atomic mass is 10.1. The average molecular weight is 287 g/mol. The third-order valence-electron chi connectivity index (χ3n) is 2.01. The molecule has 13 heavy (non-hydrogen) atoms. The van der Waals surface area contributed by atoms with E-state index in [1.165, 1.54) is 3.57 Å². The second-order valence-electron chi connectivity index (χ2n) is 3.36. The molecule has 0 aliphatic rings. The summed E-state index contributed by atoms with van der Waals surface area (Å²) in [6.07, 6.45) is 0. The van der Waals surface area contributed by atoms with Crippen molar-refractivity contribution in [3.05, 3.63) is 27.5 Å². The van der Waals surface area contributed by atoms with Crippen LogP contribution in [0.1, 0.15) is 25.5 Å². The van der Waals surface area contributed by atoms with Crippen LogP contribution in [0.3, 0.4) is 0 Å². The van der Waals surface area contributed by atoms with Gasteiger partial charge in [-0.1, -0.05) is 19.0 Å². The predicted molar refractivity (Wildman–Crippen MR) is 60.8 cm³/mol. The van der Waals surface area contributed by atoms with Crippen LogP contribution in [-0.2, 0) is 0 Å². The maximum Gasteiger partial charge on any atom is 0.168 e. The van der Waals surface area contributed by atoms with Gasteiger partial charge in [-0.25, -0.2) is 0 Å². The third kappa shape index (κ3) is 1.57. The van der Waals surface area contributed by atoms with Crippen LogP contribution >= 0.6 is 22.6 Å². The fraction of sp³-hybridized carbons (Fsp3) is 0.300. The van der Waals surface area contributed by atoms with Gasteiger partial charge in [-0.3, -0.25) is 0 Å². The quantitative estimate of drug-likeness (QED) is 0.750. The molecule has 0 atom stereocenters. The molecular formula is C10H10INO. The van der Waals surface area contributed by atoms with Crippen molar-refractivity contribution >= 4 is 33.6 Å². The molecule has 0 saturated heterocycles. The van der Waals surface area contributed by atoms with Gasteiger partial charge in [0.05, 0.1) is 5.69 Å². The van der Waals surface area contributed by atoms with Crippen molar-refractivity contribution in [2.24, 2.45) is 0 Å². The molecule has 1 heterocycles. The lowest BCUT2D eigenvalue weighted by molar-refractivity contribution is 0.441. The van der Waals surface area contributed by atoms with Crippen molar-refractivity contribution < 1.29 is 4.52 Å². The molecule has 0 radical (unpaired) electrons. The van der Waals surface area contributed by atoms with Crippen molar-refractivity contribution in [1.29, 1.82) is 0 Å². The number of hydrogen-bond acceptors (Lipinski definition) is 2. The Morgan fingerprint density at radius 2 is 2.15 bits per heavy atom. The fourth-order valence-corrected chi connectivity index (χ4v) is 1.81. The van der Waals surface area contributed by atoms with E-state index < -0.39 is 0 Å². The van der Waals surface area contributed by atoms with Crippen LogP contribution in [0.15, 0.2) is 22.7 Å². The van der Waals surface area contributed by atoms with E-state index in [2.05, 4.69) is 53.7 Å². The van der Waals surface area contributed by atoms with Crippen LogP contribution < -0.4 is 0 Å². The topological polar surface area (TPSA) is 26.0 Å². The van der Waals surface area contributed by atoms with Gasteiger partial charge >= 0.3 is 0 Å². The number of fused-ring (bicyclic) bond motifs is 1. The van der Waals surface area contributed by atoms with E-state index in [-0.39, 0.29) is 0 Å². The van der Waals surface area contributed by atoms with Gasteiger partial charge in [0, 0.05) is 8.96 Å². The molecule has 0 unspecified atom stereocenters. The van der Waals surface area contributed by atoms with Gasteiger partial charge < -0.3 is 4.52 Å². The summed E-state index contributed by atoms with van der Waals surface area (Å²) >= 11 is 2.27. The second kappa shape index (κ2) is 3.29. The number of halogens is 1. The van der Waals surface area contributed by atoms with Crippen molar-refractivity contribution in [2.75, 3.05) is 0 Å². The van der Waals surface area contributed by atoms with Crippen LogP contribution in [0.2, 0.25) is 0 Å². The minimum Gasteiger partial charge on any atom is -0.356 e. The molecule has 0 saturated carbocycles. The van der Waals surface area contributed by atoms with E-state index in [0.717, 1.165) is 16.7 Å².